The highest BCUT2D eigenvalue weighted by Gasteiger charge is 2.26. The molecule has 1 heterocycles. The Morgan fingerprint density at radius 3 is 2.05 bits per heavy atom. The third kappa shape index (κ3) is 3.02. The topological polar surface area (TPSA) is 12.9 Å². The van der Waals surface area contributed by atoms with E-state index in [1.54, 1.807) is 0 Å². The second kappa shape index (κ2) is 6.43. The van der Waals surface area contributed by atoms with Crippen LogP contribution in [0.1, 0.15) is 56.7 Å². The van der Waals surface area contributed by atoms with Crippen molar-refractivity contribution < 1.29 is 0 Å². The van der Waals surface area contributed by atoms with Crippen LogP contribution >= 0.6 is 0 Å². The Morgan fingerprint density at radius 1 is 0.905 bits per heavy atom. The van der Waals surface area contributed by atoms with Gasteiger partial charge in [0.15, 0.2) is 0 Å². The molecule has 1 nitrogen and oxygen atoms in total. The first-order chi connectivity index (χ1) is 10.1. The Bertz CT molecular complexity index is 583. The van der Waals surface area contributed by atoms with E-state index in [1.807, 2.05) is 0 Å². The normalized spacial score (nSPS) is 11.7. The number of rotatable bonds is 5. The zero-order chi connectivity index (χ0) is 15.5. The summed E-state index contributed by atoms with van der Waals surface area (Å²) >= 11 is 0. The predicted octanol–water partition coefficient (Wildman–Crippen LogP) is 5.83. The van der Waals surface area contributed by atoms with Gasteiger partial charge >= 0.3 is 0 Å². The number of hydrogen-bond acceptors (Lipinski definition) is 1. The fourth-order valence-electron chi connectivity index (χ4n) is 3.33. The van der Waals surface area contributed by atoms with Crippen molar-refractivity contribution in [3.63, 3.8) is 0 Å². The van der Waals surface area contributed by atoms with Crippen LogP contribution in [0.2, 0.25) is 0 Å². The molecule has 0 atom stereocenters. The van der Waals surface area contributed by atoms with Gasteiger partial charge in [0.05, 0.1) is 5.69 Å². The van der Waals surface area contributed by atoms with Crippen LogP contribution in [-0.2, 0) is 5.41 Å². The fourth-order valence-corrected chi connectivity index (χ4v) is 3.33. The van der Waals surface area contributed by atoms with Crippen LogP contribution in [0.4, 0.5) is 0 Å². The molecule has 1 aromatic carbocycles. The van der Waals surface area contributed by atoms with Crippen molar-refractivity contribution >= 4 is 0 Å². The summed E-state index contributed by atoms with van der Waals surface area (Å²) in [5.74, 6) is 0. The standard InChI is InChI=1S/C20H27N/c1-6-20(7-2,8-3)17-10-12-19(21-14-17)18-11-9-15(4)13-16(18)5/h9-14H,6-8H2,1-5H3. The maximum absolute atomic E-state index is 4.75. The summed E-state index contributed by atoms with van der Waals surface area (Å²) in [7, 11) is 0. The van der Waals surface area contributed by atoms with Crippen LogP contribution in [0.5, 0.6) is 0 Å². The molecule has 21 heavy (non-hydrogen) atoms. The van der Waals surface area contributed by atoms with Gasteiger partial charge in [-0.3, -0.25) is 4.98 Å². The molecule has 2 aromatic rings. The van der Waals surface area contributed by atoms with Gasteiger partial charge < -0.3 is 0 Å². The van der Waals surface area contributed by atoms with Crippen LogP contribution in [0.3, 0.4) is 0 Å². The quantitative estimate of drug-likeness (QED) is 0.671. The maximum atomic E-state index is 4.75. The number of aromatic nitrogens is 1. The van der Waals surface area contributed by atoms with E-state index >= 15 is 0 Å². The van der Waals surface area contributed by atoms with E-state index in [-0.39, 0.29) is 5.41 Å². The molecule has 0 bridgehead atoms. The maximum Gasteiger partial charge on any atom is 0.0704 e. The van der Waals surface area contributed by atoms with Gasteiger partial charge in [-0.05, 0) is 55.7 Å². The summed E-state index contributed by atoms with van der Waals surface area (Å²) in [5, 5.41) is 0. The third-order valence-corrected chi connectivity index (χ3v) is 5.06. The molecule has 0 N–H and O–H groups in total. The minimum absolute atomic E-state index is 0.286. The minimum atomic E-state index is 0.286. The number of pyridine rings is 1. The Hall–Kier alpha value is -1.63. The van der Waals surface area contributed by atoms with Gasteiger partial charge in [0.2, 0.25) is 0 Å². The van der Waals surface area contributed by atoms with Crippen molar-refractivity contribution in [3.05, 3.63) is 53.2 Å². The molecule has 0 amide bonds. The highest BCUT2D eigenvalue weighted by Crippen LogP contribution is 2.35. The fraction of sp³-hybridized carbons (Fsp3) is 0.450. The molecular formula is C20H27N. The lowest BCUT2D eigenvalue weighted by Gasteiger charge is -2.30. The van der Waals surface area contributed by atoms with Crippen molar-refractivity contribution in [2.75, 3.05) is 0 Å². The Kier molecular flexibility index (Phi) is 4.82. The van der Waals surface area contributed by atoms with Gasteiger partial charge in [-0.25, -0.2) is 0 Å². The smallest absolute Gasteiger partial charge is 0.0704 e. The van der Waals surface area contributed by atoms with Crippen molar-refractivity contribution in [1.82, 2.24) is 4.98 Å². The van der Waals surface area contributed by atoms with Crippen LogP contribution in [0.15, 0.2) is 36.5 Å². The molecule has 112 valence electrons. The second-order valence-corrected chi connectivity index (χ2v) is 6.09. The summed E-state index contributed by atoms with van der Waals surface area (Å²) in [5.41, 5.74) is 6.57. The molecule has 0 spiro atoms. The van der Waals surface area contributed by atoms with E-state index < -0.39 is 0 Å². The number of aryl methyl sites for hydroxylation is 2. The van der Waals surface area contributed by atoms with Gasteiger partial charge in [0, 0.05) is 11.8 Å². The lowest BCUT2D eigenvalue weighted by Crippen LogP contribution is -2.23. The monoisotopic (exact) mass is 281 g/mol. The predicted molar refractivity (Wildman–Crippen MR) is 91.7 cm³/mol. The molecule has 0 aliphatic rings. The van der Waals surface area contributed by atoms with Gasteiger partial charge in [-0.1, -0.05) is 50.6 Å². The molecule has 0 unspecified atom stereocenters. The third-order valence-electron chi connectivity index (χ3n) is 5.06. The first kappa shape index (κ1) is 15.8. The summed E-state index contributed by atoms with van der Waals surface area (Å²) in [6.45, 7) is 11.1. The van der Waals surface area contributed by atoms with E-state index in [0.717, 1.165) is 5.69 Å². The molecule has 0 aliphatic heterocycles. The molecule has 0 radical (unpaired) electrons. The van der Waals surface area contributed by atoms with E-state index in [2.05, 4.69) is 71.1 Å². The molecule has 0 saturated heterocycles. The largest absolute Gasteiger partial charge is 0.256 e. The van der Waals surface area contributed by atoms with Crippen molar-refractivity contribution in [1.29, 1.82) is 0 Å². The van der Waals surface area contributed by atoms with Gasteiger partial charge in [-0.15, -0.1) is 0 Å². The highest BCUT2D eigenvalue weighted by molar-refractivity contribution is 5.64. The van der Waals surface area contributed by atoms with Crippen molar-refractivity contribution in [2.24, 2.45) is 0 Å². The zero-order valence-corrected chi connectivity index (χ0v) is 14.0. The van der Waals surface area contributed by atoms with Gasteiger partial charge in [-0.2, -0.15) is 0 Å². The molecule has 1 aromatic heterocycles. The van der Waals surface area contributed by atoms with Crippen LogP contribution in [0.25, 0.3) is 11.3 Å². The molecule has 0 saturated carbocycles. The Morgan fingerprint density at radius 2 is 1.57 bits per heavy atom. The summed E-state index contributed by atoms with van der Waals surface area (Å²) in [4.78, 5) is 4.75. The average Bonchev–Trinajstić information content (AvgIpc) is 2.50. The van der Waals surface area contributed by atoms with Crippen molar-refractivity contribution in [3.8, 4) is 11.3 Å². The average molecular weight is 281 g/mol. The molecule has 0 fully saturated rings. The van der Waals surface area contributed by atoms with E-state index in [1.165, 1.54) is 41.5 Å². The highest BCUT2D eigenvalue weighted by atomic mass is 14.7. The lowest BCUT2D eigenvalue weighted by molar-refractivity contribution is 0.380. The first-order valence-electron chi connectivity index (χ1n) is 8.10. The minimum Gasteiger partial charge on any atom is -0.256 e. The summed E-state index contributed by atoms with van der Waals surface area (Å²) in [6, 6.07) is 11.0. The first-order valence-corrected chi connectivity index (χ1v) is 8.10. The van der Waals surface area contributed by atoms with Gasteiger partial charge in [0.1, 0.15) is 0 Å². The Labute approximate surface area is 129 Å². The molecule has 0 aliphatic carbocycles. The van der Waals surface area contributed by atoms with Gasteiger partial charge in [0.25, 0.3) is 0 Å². The SMILES string of the molecule is CCC(CC)(CC)c1ccc(-c2ccc(C)cc2C)nc1. The number of nitrogens with zero attached hydrogens (tertiary/aromatic N) is 1. The second-order valence-electron chi connectivity index (χ2n) is 6.09. The molecule has 1 heteroatoms. The summed E-state index contributed by atoms with van der Waals surface area (Å²) < 4.78 is 0. The van der Waals surface area contributed by atoms with E-state index in [9.17, 15) is 0 Å². The molecule has 2 rings (SSSR count). The van der Waals surface area contributed by atoms with Crippen molar-refractivity contribution in [2.45, 2.75) is 59.3 Å². The number of hydrogen-bond donors (Lipinski definition) is 0. The number of benzene rings is 1. The van der Waals surface area contributed by atoms with Crippen LogP contribution in [0, 0.1) is 13.8 Å². The lowest BCUT2D eigenvalue weighted by atomic mass is 9.74. The Balaban J connectivity index is 2.39. The molecular weight excluding hydrogens is 254 g/mol. The van der Waals surface area contributed by atoms with Crippen LogP contribution < -0.4 is 0 Å². The van der Waals surface area contributed by atoms with E-state index in [0.29, 0.717) is 0 Å². The summed E-state index contributed by atoms with van der Waals surface area (Å²) in [6.07, 6.45) is 5.60. The van der Waals surface area contributed by atoms with E-state index in [4.69, 9.17) is 4.98 Å². The van der Waals surface area contributed by atoms with Crippen LogP contribution in [-0.4, -0.2) is 4.98 Å². The zero-order valence-electron chi connectivity index (χ0n) is 14.0.